The average Bonchev–Trinajstić information content (AvgIpc) is 2.91. The van der Waals surface area contributed by atoms with Gasteiger partial charge < -0.3 is 15.2 Å². The fourth-order valence-electron chi connectivity index (χ4n) is 2.85. The second kappa shape index (κ2) is 5.67. The molecule has 20 heavy (non-hydrogen) atoms. The number of aliphatic imine (C=N–C) groups is 1. The van der Waals surface area contributed by atoms with E-state index in [-0.39, 0.29) is 0 Å². The minimum absolute atomic E-state index is 0.768. The first-order chi connectivity index (χ1) is 9.83. The van der Waals surface area contributed by atoms with Crippen molar-refractivity contribution in [3.8, 4) is 0 Å². The number of H-pyrrole nitrogens is 1. The van der Waals surface area contributed by atoms with Crippen molar-refractivity contribution < 1.29 is 0 Å². The van der Waals surface area contributed by atoms with Gasteiger partial charge in [-0.1, -0.05) is 26.0 Å². The molecule has 0 fully saturated rings. The quantitative estimate of drug-likeness (QED) is 0.876. The molecule has 0 spiro atoms. The maximum absolute atomic E-state index is 4.68. The van der Waals surface area contributed by atoms with Gasteiger partial charge in [0.1, 0.15) is 5.84 Å². The number of aromatic nitrogens is 1. The molecule has 1 aromatic carbocycles. The number of hydrogen-bond acceptors (Lipinski definition) is 3. The molecule has 0 radical (unpaired) electrons. The van der Waals surface area contributed by atoms with Crippen molar-refractivity contribution >= 4 is 16.7 Å². The van der Waals surface area contributed by atoms with E-state index in [0.717, 1.165) is 38.6 Å². The molecule has 1 aliphatic heterocycles. The molecule has 4 heteroatoms. The van der Waals surface area contributed by atoms with Crippen LogP contribution >= 0.6 is 0 Å². The van der Waals surface area contributed by atoms with E-state index >= 15 is 0 Å². The molecule has 0 unspecified atom stereocenters. The molecule has 2 aromatic rings. The zero-order chi connectivity index (χ0) is 13.9. The van der Waals surface area contributed by atoms with Crippen LogP contribution in [0, 0.1) is 0 Å². The van der Waals surface area contributed by atoms with Gasteiger partial charge in [0.15, 0.2) is 0 Å². The number of nitrogens with one attached hydrogen (secondary N) is 2. The minimum Gasteiger partial charge on any atom is -0.369 e. The monoisotopic (exact) mass is 270 g/mol. The highest BCUT2D eigenvalue weighted by atomic mass is 15.1. The second-order valence-corrected chi connectivity index (χ2v) is 5.16. The maximum Gasteiger partial charge on any atom is 0.129 e. The van der Waals surface area contributed by atoms with Crippen molar-refractivity contribution in [3.63, 3.8) is 0 Å². The van der Waals surface area contributed by atoms with Crippen molar-refractivity contribution in [2.24, 2.45) is 4.99 Å². The van der Waals surface area contributed by atoms with Crippen molar-refractivity contribution in [3.05, 3.63) is 35.5 Å². The Morgan fingerprint density at radius 3 is 2.95 bits per heavy atom. The number of rotatable bonds is 5. The Balaban J connectivity index is 1.74. The number of likely N-dealkylation sites (N-methyl/N-ethyl adjacent to an activating group) is 1. The summed E-state index contributed by atoms with van der Waals surface area (Å²) in [5.74, 6) is 1.04. The zero-order valence-corrected chi connectivity index (χ0v) is 12.2. The second-order valence-electron chi connectivity index (χ2n) is 5.16. The van der Waals surface area contributed by atoms with Crippen LogP contribution in [0.3, 0.4) is 0 Å². The van der Waals surface area contributed by atoms with Gasteiger partial charge in [-0.05, 0) is 24.7 Å². The smallest absolute Gasteiger partial charge is 0.129 e. The van der Waals surface area contributed by atoms with E-state index in [1.807, 2.05) is 0 Å². The normalized spacial score (nSPS) is 13.8. The van der Waals surface area contributed by atoms with Gasteiger partial charge in [-0.15, -0.1) is 0 Å². The Kier molecular flexibility index (Phi) is 3.74. The van der Waals surface area contributed by atoms with Gasteiger partial charge in [-0.2, -0.15) is 0 Å². The third-order valence-corrected chi connectivity index (χ3v) is 4.07. The van der Waals surface area contributed by atoms with Crippen LogP contribution in [0.25, 0.3) is 10.9 Å². The fourth-order valence-corrected chi connectivity index (χ4v) is 2.85. The number of hydrogen-bond donors (Lipinski definition) is 2. The maximum atomic E-state index is 4.68. The van der Waals surface area contributed by atoms with Gasteiger partial charge in [0.2, 0.25) is 0 Å². The van der Waals surface area contributed by atoms with Gasteiger partial charge in [-0.25, -0.2) is 0 Å². The average molecular weight is 270 g/mol. The summed E-state index contributed by atoms with van der Waals surface area (Å²) in [4.78, 5) is 10.4. The third-order valence-electron chi connectivity index (χ3n) is 4.07. The molecule has 1 aliphatic rings. The van der Waals surface area contributed by atoms with Crippen molar-refractivity contribution in [1.82, 2.24) is 15.2 Å². The Morgan fingerprint density at radius 2 is 2.15 bits per heavy atom. The lowest BCUT2D eigenvalue weighted by Gasteiger charge is -2.20. The van der Waals surface area contributed by atoms with Crippen LogP contribution in [0.2, 0.25) is 0 Å². The van der Waals surface area contributed by atoms with Crippen molar-refractivity contribution in [2.45, 2.75) is 20.4 Å². The van der Waals surface area contributed by atoms with Gasteiger partial charge >= 0.3 is 0 Å². The highest BCUT2D eigenvalue weighted by Crippen LogP contribution is 2.26. The molecule has 2 heterocycles. The van der Waals surface area contributed by atoms with Crippen LogP contribution in [0.4, 0.5) is 0 Å². The first kappa shape index (κ1) is 13.2. The summed E-state index contributed by atoms with van der Waals surface area (Å²) in [6.07, 6.45) is 2.07. The Bertz CT molecular complexity index is 622. The van der Waals surface area contributed by atoms with E-state index in [1.165, 1.54) is 22.0 Å². The van der Waals surface area contributed by atoms with Crippen LogP contribution in [0.15, 0.2) is 29.4 Å². The number of nitrogens with zero attached hydrogens (tertiary/aromatic N) is 2. The SMILES string of the molecule is CCN(CC)CCNC1=NCc2c[nH]c3cccc1c23. The summed E-state index contributed by atoms with van der Waals surface area (Å²) in [5, 5.41) is 4.83. The van der Waals surface area contributed by atoms with Crippen molar-refractivity contribution in [2.75, 3.05) is 26.2 Å². The predicted molar refractivity (Wildman–Crippen MR) is 84.3 cm³/mol. The summed E-state index contributed by atoms with van der Waals surface area (Å²) in [6, 6.07) is 6.37. The Morgan fingerprint density at radius 1 is 1.30 bits per heavy atom. The lowest BCUT2D eigenvalue weighted by atomic mass is 10.0. The van der Waals surface area contributed by atoms with E-state index < -0.39 is 0 Å². The van der Waals surface area contributed by atoms with E-state index in [0.29, 0.717) is 0 Å². The van der Waals surface area contributed by atoms with E-state index in [9.17, 15) is 0 Å². The lowest BCUT2D eigenvalue weighted by molar-refractivity contribution is 0.308. The van der Waals surface area contributed by atoms with Crippen LogP contribution < -0.4 is 5.32 Å². The van der Waals surface area contributed by atoms with Crippen molar-refractivity contribution in [1.29, 1.82) is 0 Å². The van der Waals surface area contributed by atoms with E-state index in [1.54, 1.807) is 0 Å². The molecule has 2 N–H and O–H groups in total. The minimum atomic E-state index is 0.768. The highest BCUT2D eigenvalue weighted by molar-refractivity contribution is 6.11. The molecule has 0 aliphatic carbocycles. The molecule has 1 aromatic heterocycles. The van der Waals surface area contributed by atoms with Crippen LogP contribution in [-0.2, 0) is 6.54 Å². The number of amidine groups is 1. The summed E-state index contributed by atoms with van der Waals surface area (Å²) in [6.45, 7) is 9.37. The van der Waals surface area contributed by atoms with Gasteiger partial charge in [0.05, 0.1) is 6.54 Å². The van der Waals surface area contributed by atoms with Gasteiger partial charge in [-0.3, -0.25) is 4.99 Å². The van der Waals surface area contributed by atoms with E-state index in [2.05, 4.69) is 58.4 Å². The lowest BCUT2D eigenvalue weighted by Crippen LogP contribution is -2.35. The van der Waals surface area contributed by atoms with Crippen LogP contribution in [0.1, 0.15) is 25.0 Å². The molecule has 0 saturated carbocycles. The summed E-state index contributed by atoms with van der Waals surface area (Å²) < 4.78 is 0. The largest absolute Gasteiger partial charge is 0.369 e. The summed E-state index contributed by atoms with van der Waals surface area (Å²) >= 11 is 0. The van der Waals surface area contributed by atoms with Gasteiger partial charge in [0.25, 0.3) is 0 Å². The standard InChI is InChI=1S/C16H22N4/c1-3-20(4-2)9-8-17-16-13-6-5-7-14-15(13)12(10-18-14)11-19-16/h5-7,10,18H,3-4,8-9,11H2,1-2H3,(H,17,19). The van der Waals surface area contributed by atoms with E-state index in [4.69, 9.17) is 0 Å². The van der Waals surface area contributed by atoms with Crippen LogP contribution in [0.5, 0.6) is 0 Å². The zero-order valence-electron chi connectivity index (χ0n) is 12.2. The fraction of sp³-hybridized carbons (Fsp3) is 0.438. The molecule has 3 rings (SSSR count). The summed E-state index contributed by atoms with van der Waals surface area (Å²) in [5.41, 5.74) is 3.73. The molecular formula is C16H22N4. The molecule has 106 valence electrons. The summed E-state index contributed by atoms with van der Waals surface area (Å²) in [7, 11) is 0. The molecule has 0 atom stereocenters. The topological polar surface area (TPSA) is 43.4 Å². The third kappa shape index (κ3) is 2.31. The first-order valence-corrected chi connectivity index (χ1v) is 7.43. The predicted octanol–water partition coefficient (Wildman–Crippen LogP) is 2.36. The molecule has 0 saturated heterocycles. The van der Waals surface area contributed by atoms with Crippen LogP contribution in [-0.4, -0.2) is 41.9 Å². The van der Waals surface area contributed by atoms with Gasteiger partial charge in [0, 0.05) is 35.8 Å². The first-order valence-electron chi connectivity index (χ1n) is 7.43. The molecule has 0 amide bonds. The Hall–Kier alpha value is -1.81. The number of benzene rings is 1. The molecular weight excluding hydrogens is 248 g/mol. The molecule has 4 nitrogen and oxygen atoms in total. The highest BCUT2D eigenvalue weighted by Gasteiger charge is 2.16. The molecule has 0 bridgehead atoms. The Labute approximate surface area is 119 Å². The number of aromatic amines is 1.